The van der Waals surface area contributed by atoms with Gasteiger partial charge >= 0.3 is 11.9 Å². The Morgan fingerprint density at radius 1 is 1.17 bits per heavy atom. The lowest BCUT2D eigenvalue weighted by molar-refractivity contribution is -0.306. The van der Waals surface area contributed by atoms with Crippen LogP contribution in [-0.2, 0) is 24.2 Å². The Hall–Kier alpha value is -1.71. The molecule has 9 heteroatoms. The summed E-state index contributed by atoms with van der Waals surface area (Å²) in [5.74, 6) is -3.33. The summed E-state index contributed by atoms with van der Waals surface area (Å²) in [7, 11) is 0. The minimum atomic E-state index is -1.37. The molecule has 0 amide bonds. The molecule has 0 aromatic heterocycles. The molecule has 0 rings (SSSR count). The van der Waals surface area contributed by atoms with Gasteiger partial charge in [0, 0.05) is 12.6 Å². The molecule has 0 bridgehead atoms. The Bertz CT molecular complexity index is 243. The Morgan fingerprint density at radius 2 is 1.67 bits per heavy atom. The summed E-state index contributed by atoms with van der Waals surface area (Å²) in [5.41, 5.74) is 0. The third-order valence-electron chi connectivity index (χ3n) is 1.08. The zero-order chi connectivity index (χ0) is 13.7. The van der Waals surface area contributed by atoms with Crippen LogP contribution in [0.1, 0.15) is 26.2 Å². The van der Waals surface area contributed by atoms with Crippen LogP contribution < -0.4 is 11.3 Å². The highest BCUT2D eigenvalue weighted by Crippen LogP contribution is 1.93. The molecule has 0 aliphatic heterocycles. The molecule has 0 aromatic carbocycles. The number of hydrogen-bond donors (Lipinski definition) is 3. The SMILES string of the molecule is CCO.O=C([O-])CCC(=O)OOCCC(=O)O.[NH4+]. The van der Waals surface area contributed by atoms with E-state index in [1.807, 2.05) is 0 Å². The number of quaternary nitrogens is 1. The molecule has 0 saturated heterocycles. The van der Waals surface area contributed by atoms with Gasteiger partial charge in [0.1, 0.15) is 6.61 Å². The van der Waals surface area contributed by atoms with Crippen LogP contribution in [0.2, 0.25) is 0 Å². The third kappa shape index (κ3) is 23.8. The Balaban J connectivity index is -0.000000507. The van der Waals surface area contributed by atoms with E-state index in [0.29, 0.717) is 0 Å². The normalized spacial score (nSPS) is 8.33. The molecule has 0 unspecified atom stereocenters. The maximum atomic E-state index is 10.6. The molecule has 0 aromatic rings. The van der Waals surface area contributed by atoms with Crippen LogP contribution in [0, 0.1) is 0 Å². The highest BCUT2D eigenvalue weighted by molar-refractivity contribution is 5.75. The summed E-state index contributed by atoms with van der Waals surface area (Å²) in [6, 6.07) is 0. The minimum Gasteiger partial charge on any atom is -0.550 e. The molecular formula is C9H19NO8. The standard InChI is InChI=1S/C7H10O7.C2H6O.H3N/c8-5(9)1-2-7(12)14-13-4-3-6(10)11;1-2-3;/h1-4H2,(H,8,9)(H,10,11);3H,2H2,1H3;1H3. The number of carbonyl (C=O) groups is 3. The first kappa shape index (κ1) is 21.6. The van der Waals surface area contributed by atoms with Gasteiger partial charge < -0.3 is 26.3 Å². The average Bonchev–Trinajstić information content (AvgIpc) is 2.22. The Labute approximate surface area is 104 Å². The molecule has 0 radical (unpaired) electrons. The predicted molar refractivity (Wildman–Crippen MR) is 57.3 cm³/mol. The lowest BCUT2D eigenvalue weighted by Crippen LogP contribution is -2.23. The summed E-state index contributed by atoms with van der Waals surface area (Å²) in [5, 5.41) is 25.6. The van der Waals surface area contributed by atoms with E-state index < -0.39 is 24.3 Å². The fourth-order valence-corrected chi connectivity index (χ4v) is 0.482. The lowest BCUT2D eigenvalue weighted by atomic mass is 10.3. The number of hydrogen-bond acceptors (Lipinski definition) is 7. The van der Waals surface area contributed by atoms with E-state index in [2.05, 4.69) is 9.78 Å². The largest absolute Gasteiger partial charge is 0.550 e. The molecule has 9 nitrogen and oxygen atoms in total. The van der Waals surface area contributed by atoms with Gasteiger partial charge in [0.15, 0.2) is 0 Å². The number of aliphatic carboxylic acids is 2. The van der Waals surface area contributed by atoms with E-state index in [1.54, 1.807) is 6.92 Å². The van der Waals surface area contributed by atoms with Crippen LogP contribution in [0.25, 0.3) is 0 Å². The smallest absolute Gasteiger partial charge is 0.342 e. The molecule has 0 atom stereocenters. The number of carbonyl (C=O) groups excluding carboxylic acids is 2. The van der Waals surface area contributed by atoms with Crippen LogP contribution in [0.15, 0.2) is 0 Å². The van der Waals surface area contributed by atoms with Crippen LogP contribution >= 0.6 is 0 Å². The lowest BCUT2D eigenvalue weighted by Gasteiger charge is -2.02. The fourth-order valence-electron chi connectivity index (χ4n) is 0.482. The third-order valence-corrected chi connectivity index (χ3v) is 1.08. The topological polar surface area (TPSA) is 170 Å². The van der Waals surface area contributed by atoms with Gasteiger partial charge in [-0.1, -0.05) is 0 Å². The Morgan fingerprint density at radius 3 is 2.06 bits per heavy atom. The Kier molecular flexibility index (Phi) is 18.3. The fraction of sp³-hybridized carbons (Fsp3) is 0.667. The van der Waals surface area contributed by atoms with Crippen molar-refractivity contribution in [3.8, 4) is 0 Å². The summed E-state index contributed by atoms with van der Waals surface area (Å²) in [6.07, 6.45) is -1.12. The van der Waals surface area contributed by atoms with Gasteiger partial charge in [-0.25, -0.2) is 4.79 Å². The van der Waals surface area contributed by atoms with Crippen LogP contribution in [0.5, 0.6) is 0 Å². The van der Waals surface area contributed by atoms with E-state index >= 15 is 0 Å². The van der Waals surface area contributed by atoms with Gasteiger partial charge in [-0.05, 0) is 13.3 Å². The van der Waals surface area contributed by atoms with Crippen LogP contribution in [-0.4, -0.2) is 41.3 Å². The zero-order valence-corrected chi connectivity index (χ0v) is 10.4. The van der Waals surface area contributed by atoms with Crippen molar-refractivity contribution in [1.29, 1.82) is 0 Å². The number of rotatable bonds is 7. The average molecular weight is 269 g/mol. The van der Waals surface area contributed by atoms with E-state index in [4.69, 9.17) is 10.2 Å². The molecule has 0 saturated carbocycles. The highest BCUT2D eigenvalue weighted by Gasteiger charge is 2.04. The second kappa shape index (κ2) is 15.3. The van der Waals surface area contributed by atoms with Gasteiger partial charge in [0.2, 0.25) is 0 Å². The maximum Gasteiger partial charge on any atom is 0.342 e. The second-order valence-corrected chi connectivity index (χ2v) is 2.61. The van der Waals surface area contributed by atoms with Gasteiger partial charge in [-0.15, -0.1) is 0 Å². The first-order valence-electron chi connectivity index (χ1n) is 4.78. The zero-order valence-electron chi connectivity index (χ0n) is 10.4. The van der Waals surface area contributed by atoms with E-state index in [1.165, 1.54) is 0 Å². The van der Waals surface area contributed by atoms with E-state index in [-0.39, 0.29) is 32.2 Å². The number of aliphatic hydroxyl groups excluding tert-OH is 1. The van der Waals surface area contributed by atoms with Crippen LogP contribution in [0.4, 0.5) is 0 Å². The number of carboxylic acids is 2. The molecular weight excluding hydrogens is 250 g/mol. The molecule has 0 fully saturated rings. The van der Waals surface area contributed by atoms with Gasteiger partial charge in [0.05, 0.1) is 12.8 Å². The first-order chi connectivity index (χ1) is 7.93. The summed E-state index contributed by atoms with van der Waals surface area (Å²) in [6.45, 7) is 1.66. The van der Waals surface area contributed by atoms with Crippen molar-refractivity contribution in [1.82, 2.24) is 6.15 Å². The van der Waals surface area contributed by atoms with Crippen molar-refractivity contribution in [3.63, 3.8) is 0 Å². The van der Waals surface area contributed by atoms with Crippen molar-refractivity contribution in [2.75, 3.05) is 13.2 Å². The number of carboxylic acid groups (broad SMARTS) is 2. The summed E-state index contributed by atoms with van der Waals surface area (Å²) in [4.78, 5) is 38.7. The monoisotopic (exact) mass is 269 g/mol. The van der Waals surface area contributed by atoms with Gasteiger partial charge in [-0.2, -0.15) is 4.89 Å². The highest BCUT2D eigenvalue weighted by atomic mass is 17.2. The molecule has 0 aliphatic carbocycles. The summed E-state index contributed by atoms with van der Waals surface area (Å²) >= 11 is 0. The van der Waals surface area contributed by atoms with Gasteiger partial charge in [0.25, 0.3) is 0 Å². The molecule has 6 N–H and O–H groups in total. The molecule has 0 aliphatic rings. The molecule has 18 heavy (non-hydrogen) atoms. The van der Waals surface area contributed by atoms with Crippen molar-refractivity contribution in [2.24, 2.45) is 0 Å². The predicted octanol–water partition coefficient (Wildman–Crippen LogP) is -1.16. The van der Waals surface area contributed by atoms with Crippen molar-refractivity contribution in [3.05, 3.63) is 0 Å². The van der Waals surface area contributed by atoms with Crippen molar-refractivity contribution >= 4 is 17.9 Å². The van der Waals surface area contributed by atoms with E-state index in [9.17, 15) is 19.5 Å². The minimum absolute atomic E-state index is 0. The second-order valence-electron chi connectivity index (χ2n) is 2.61. The molecule has 108 valence electrons. The molecule has 0 spiro atoms. The van der Waals surface area contributed by atoms with Crippen molar-refractivity contribution < 1.29 is 39.5 Å². The van der Waals surface area contributed by atoms with Crippen LogP contribution in [0.3, 0.4) is 0 Å². The maximum absolute atomic E-state index is 10.6. The first-order valence-corrected chi connectivity index (χ1v) is 4.78. The van der Waals surface area contributed by atoms with Gasteiger partial charge in [-0.3, -0.25) is 9.68 Å². The molecule has 0 heterocycles. The van der Waals surface area contributed by atoms with E-state index in [0.717, 1.165) is 0 Å². The quantitative estimate of drug-likeness (QED) is 0.295. The summed E-state index contributed by atoms with van der Waals surface area (Å²) < 4.78 is 0. The van der Waals surface area contributed by atoms with Crippen molar-refractivity contribution in [2.45, 2.75) is 26.2 Å². The number of aliphatic hydroxyl groups is 1.